The molecular weight excluding hydrogens is 246 g/mol. The van der Waals surface area contributed by atoms with E-state index in [0.717, 1.165) is 10.6 Å². The number of rotatable bonds is 3. The van der Waals surface area contributed by atoms with Crippen LogP contribution in [0.25, 0.3) is 10.6 Å². The lowest BCUT2D eigenvalue weighted by atomic mass is 10.0. The van der Waals surface area contributed by atoms with E-state index in [1.807, 2.05) is 12.1 Å². The monoisotopic (exact) mass is 261 g/mol. The lowest BCUT2D eigenvalue weighted by Gasteiger charge is -2.05. The van der Waals surface area contributed by atoms with Crippen LogP contribution in [0.5, 0.6) is 0 Å². The summed E-state index contributed by atoms with van der Waals surface area (Å²) in [6.45, 7) is 4.32. The molecular formula is C14H15NO2S. The smallest absolute Gasteiger partial charge is 0.349 e. The van der Waals surface area contributed by atoms with Gasteiger partial charge in [-0.1, -0.05) is 38.1 Å². The lowest BCUT2D eigenvalue weighted by molar-refractivity contribution is 0.0606. The van der Waals surface area contributed by atoms with E-state index in [9.17, 15) is 4.79 Å². The average molecular weight is 261 g/mol. The molecule has 0 bridgehead atoms. The van der Waals surface area contributed by atoms with Crippen LogP contribution in [0, 0.1) is 0 Å². The van der Waals surface area contributed by atoms with E-state index in [2.05, 4.69) is 35.7 Å². The summed E-state index contributed by atoms with van der Waals surface area (Å²) in [4.78, 5) is 16.1. The van der Waals surface area contributed by atoms with Gasteiger partial charge in [-0.25, -0.2) is 9.78 Å². The Kier molecular flexibility index (Phi) is 3.77. The number of carbonyl (C=O) groups is 1. The highest BCUT2D eigenvalue weighted by atomic mass is 32.1. The Labute approximate surface area is 110 Å². The molecule has 0 fully saturated rings. The fourth-order valence-corrected chi connectivity index (χ4v) is 2.45. The van der Waals surface area contributed by atoms with Crippen molar-refractivity contribution in [3.8, 4) is 10.6 Å². The summed E-state index contributed by atoms with van der Waals surface area (Å²) in [5.41, 5.74) is 2.32. The molecule has 2 aromatic rings. The van der Waals surface area contributed by atoms with Crippen LogP contribution >= 0.6 is 11.3 Å². The van der Waals surface area contributed by atoms with Crippen LogP contribution in [0.3, 0.4) is 0 Å². The predicted octanol–water partition coefficient (Wildman–Crippen LogP) is 3.72. The topological polar surface area (TPSA) is 39.2 Å². The fourth-order valence-electron chi connectivity index (χ4n) is 1.61. The van der Waals surface area contributed by atoms with Crippen LogP contribution < -0.4 is 0 Å². The molecule has 2 rings (SSSR count). The Balaban J connectivity index is 2.26. The van der Waals surface area contributed by atoms with Crippen molar-refractivity contribution in [2.24, 2.45) is 0 Å². The molecule has 0 aliphatic carbocycles. The molecule has 94 valence electrons. The molecule has 3 nitrogen and oxygen atoms in total. The molecule has 4 heteroatoms. The van der Waals surface area contributed by atoms with Gasteiger partial charge >= 0.3 is 5.97 Å². The predicted molar refractivity (Wildman–Crippen MR) is 73.0 cm³/mol. The van der Waals surface area contributed by atoms with Gasteiger partial charge in [-0.15, -0.1) is 11.3 Å². The van der Waals surface area contributed by atoms with Crippen molar-refractivity contribution < 1.29 is 9.53 Å². The average Bonchev–Trinajstić information content (AvgIpc) is 2.87. The SMILES string of the molecule is COC(=O)c1cnc(-c2ccc(C(C)C)cc2)s1. The second kappa shape index (κ2) is 5.31. The molecule has 1 aromatic heterocycles. The van der Waals surface area contributed by atoms with Gasteiger partial charge < -0.3 is 4.74 Å². The Morgan fingerprint density at radius 2 is 1.94 bits per heavy atom. The van der Waals surface area contributed by atoms with Gasteiger partial charge in [0.1, 0.15) is 9.88 Å². The van der Waals surface area contributed by atoms with Gasteiger partial charge in [0.05, 0.1) is 13.3 Å². The molecule has 0 saturated heterocycles. The molecule has 0 N–H and O–H groups in total. The van der Waals surface area contributed by atoms with E-state index >= 15 is 0 Å². The van der Waals surface area contributed by atoms with Crippen LogP contribution in [-0.4, -0.2) is 18.1 Å². The minimum Gasteiger partial charge on any atom is -0.465 e. The van der Waals surface area contributed by atoms with Crippen molar-refractivity contribution in [2.75, 3.05) is 7.11 Å². The van der Waals surface area contributed by atoms with E-state index in [-0.39, 0.29) is 5.97 Å². The number of hydrogen-bond donors (Lipinski definition) is 0. The van der Waals surface area contributed by atoms with E-state index in [0.29, 0.717) is 10.8 Å². The molecule has 0 radical (unpaired) electrons. The van der Waals surface area contributed by atoms with Crippen molar-refractivity contribution >= 4 is 17.3 Å². The summed E-state index contributed by atoms with van der Waals surface area (Å²) >= 11 is 1.35. The zero-order valence-electron chi connectivity index (χ0n) is 10.6. The number of hydrogen-bond acceptors (Lipinski definition) is 4. The number of aromatic nitrogens is 1. The van der Waals surface area contributed by atoms with Crippen molar-refractivity contribution in [2.45, 2.75) is 19.8 Å². The standard InChI is InChI=1S/C14H15NO2S/c1-9(2)10-4-6-11(7-5-10)13-15-8-12(18-13)14(16)17-3/h4-9H,1-3H3. The number of nitrogens with zero attached hydrogens (tertiary/aromatic N) is 1. The zero-order valence-corrected chi connectivity index (χ0v) is 11.5. The summed E-state index contributed by atoms with van der Waals surface area (Å²) in [6, 6.07) is 8.27. The second-order valence-electron chi connectivity index (χ2n) is 4.30. The minimum absolute atomic E-state index is 0.336. The molecule has 1 aromatic carbocycles. The Morgan fingerprint density at radius 1 is 1.28 bits per heavy atom. The molecule has 0 unspecified atom stereocenters. The van der Waals surface area contributed by atoms with Gasteiger partial charge in [-0.05, 0) is 11.5 Å². The van der Waals surface area contributed by atoms with Crippen LogP contribution in [0.1, 0.15) is 35.0 Å². The van der Waals surface area contributed by atoms with Gasteiger partial charge in [0.15, 0.2) is 0 Å². The summed E-state index contributed by atoms with van der Waals surface area (Å²) in [5, 5.41) is 0.839. The summed E-state index contributed by atoms with van der Waals surface area (Å²) in [5.74, 6) is 0.179. The molecule has 18 heavy (non-hydrogen) atoms. The molecule has 0 aliphatic heterocycles. The first-order valence-corrected chi connectivity index (χ1v) is 6.58. The van der Waals surface area contributed by atoms with Crippen LogP contribution in [0.4, 0.5) is 0 Å². The van der Waals surface area contributed by atoms with E-state index in [4.69, 9.17) is 0 Å². The molecule has 1 heterocycles. The largest absolute Gasteiger partial charge is 0.465 e. The van der Waals surface area contributed by atoms with E-state index in [1.165, 1.54) is 24.0 Å². The van der Waals surface area contributed by atoms with Crippen molar-refractivity contribution in [3.05, 3.63) is 40.9 Å². The van der Waals surface area contributed by atoms with Gasteiger partial charge in [0.2, 0.25) is 0 Å². The van der Waals surface area contributed by atoms with Crippen molar-refractivity contribution in [1.29, 1.82) is 0 Å². The highest BCUT2D eigenvalue weighted by Gasteiger charge is 2.11. The minimum atomic E-state index is -0.336. The Morgan fingerprint density at radius 3 is 2.50 bits per heavy atom. The molecule has 0 spiro atoms. The number of benzene rings is 1. The zero-order chi connectivity index (χ0) is 13.1. The summed E-state index contributed by atoms with van der Waals surface area (Å²) in [7, 11) is 1.37. The number of ether oxygens (including phenoxy) is 1. The third-order valence-corrected chi connectivity index (χ3v) is 3.74. The third kappa shape index (κ3) is 2.59. The number of carbonyl (C=O) groups excluding carboxylic acids is 1. The van der Waals surface area contributed by atoms with Crippen molar-refractivity contribution in [3.63, 3.8) is 0 Å². The normalized spacial score (nSPS) is 10.7. The van der Waals surface area contributed by atoms with Crippen LogP contribution in [0.15, 0.2) is 30.5 Å². The maximum Gasteiger partial charge on any atom is 0.349 e. The first-order valence-electron chi connectivity index (χ1n) is 5.76. The molecule has 0 saturated carbocycles. The Hall–Kier alpha value is -1.68. The second-order valence-corrected chi connectivity index (χ2v) is 5.33. The summed E-state index contributed by atoms with van der Waals surface area (Å²) in [6.07, 6.45) is 1.56. The number of methoxy groups -OCH3 is 1. The number of esters is 1. The molecule has 0 aliphatic rings. The molecule has 0 amide bonds. The first kappa shape index (κ1) is 12.8. The first-order chi connectivity index (χ1) is 8.61. The lowest BCUT2D eigenvalue weighted by Crippen LogP contribution is -1.96. The van der Waals surface area contributed by atoms with Gasteiger partial charge in [-0.3, -0.25) is 0 Å². The van der Waals surface area contributed by atoms with E-state index < -0.39 is 0 Å². The Bertz CT molecular complexity index is 543. The van der Waals surface area contributed by atoms with Crippen LogP contribution in [0.2, 0.25) is 0 Å². The van der Waals surface area contributed by atoms with E-state index in [1.54, 1.807) is 6.20 Å². The highest BCUT2D eigenvalue weighted by molar-refractivity contribution is 7.16. The van der Waals surface area contributed by atoms with Gasteiger partial charge in [0.25, 0.3) is 0 Å². The third-order valence-electron chi connectivity index (χ3n) is 2.72. The highest BCUT2D eigenvalue weighted by Crippen LogP contribution is 2.27. The quantitative estimate of drug-likeness (QED) is 0.790. The van der Waals surface area contributed by atoms with Gasteiger partial charge in [0, 0.05) is 5.56 Å². The number of thiazole rings is 1. The van der Waals surface area contributed by atoms with Crippen molar-refractivity contribution in [1.82, 2.24) is 4.98 Å². The van der Waals surface area contributed by atoms with Gasteiger partial charge in [-0.2, -0.15) is 0 Å². The van der Waals surface area contributed by atoms with Crippen LogP contribution in [-0.2, 0) is 4.74 Å². The maximum absolute atomic E-state index is 11.3. The fraction of sp³-hybridized carbons (Fsp3) is 0.286. The maximum atomic E-state index is 11.3. The molecule has 0 atom stereocenters. The summed E-state index contributed by atoms with van der Waals surface area (Å²) < 4.78 is 4.67.